The first-order chi connectivity index (χ1) is 15.0. The third kappa shape index (κ3) is 5.20. The molecule has 0 saturated carbocycles. The molecule has 0 spiro atoms. The Labute approximate surface area is 184 Å². The highest BCUT2D eigenvalue weighted by atomic mass is 16.6. The molecule has 31 heavy (non-hydrogen) atoms. The van der Waals surface area contributed by atoms with Gasteiger partial charge in [-0.1, -0.05) is 24.3 Å². The van der Waals surface area contributed by atoms with Gasteiger partial charge in [-0.05, 0) is 44.5 Å². The molecule has 0 radical (unpaired) electrons. The predicted molar refractivity (Wildman–Crippen MR) is 120 cm³/mol. The van der Waals surface area contributed by atoms with E-state index in [0.717, 1.165) is 36.7 Å². The van der Waals surface area contributed by atoms with Gasteiger partial charge in [0.2, 0.25) is 0 Å². The van der Waals surface area contributed by atoms with Gasteiger partial charge in [-0.2, -0.15) is 0 Å². The molecule has 1 amide bonds. The number of benzene rings is 2. The SMILES string of the molecule is CCN(Cc1cccc2c1OCCO2)C(=O)c1ccc(CN2CC(C)OC(C)C2)cc1. The van der Waals surface area contributed by atoms with Crippen LogP contribution in [-0.4, -0.2) is 60.8 Å². The van der Waals surface area contributed by atoms with Crippen molar-refractivity contribution in [1.82, 2.24) is 9.80 Å². The van der Waals surface area contributed by atoms with Crippen molar-refractivity contribution < 1.29 is 19.0 Å². The van der Waals surface area contributed by atoms with Gasteiger partial charge in [-0.25, -0.2) is 0 Å². The molecular weight excluding hydrogens is 392 g/mol. The highest BCUT2D eigenvalue weighted by molar-refractivity contribution is 5.94. The first-order valence-corrected chi connectivity index (χ1v) is 11.2. The first-order valence-electron chi connectivity index (χ1n) is 11.2. The summed E-state index contributed by atoms with van der Waals surface area (Å²) in [6, 6.07) is 13.9. The zero-order valence-corrected chi connectivity index (χ0v) is 18.7. The molecule has 0 aliphatic carbocycles. The zero-order chi connectivity index (χ0) is 21.8. The van der Waals surface area contributed by atoms with Crippen molar-refractivity contribution in [2.24, 2.45) is 0 Å². The highest BCUT2D eigenvalue weighted by Gasteiger charge is 2.23. The number of carbonyl (C=O) groups is 1. The Hall–Kier alpha value is -2.57. The fourth-order valence-electron chi connectivity index (χ4n) is 4.40. The van der Waals surface area contributed by atoms with Gasteiger partial charge >= 0.3 is 0 Å². The van der Waals surface area contributed by atoms with E-state index in [0.29, 0.717) is 31.9 Å². The second-order valence-corrected chi connectivity index (χ2v) is 8.41. The van der Waals surface area contributed by atoms with Gasteiger partial charge in [0.15, 0.2) is 11.5 Å². The number of hydrogen-bond donors (Lipinski definition) is 0. The molecule has 6 heteroatoms. The summed E-state index contributed by atoms with van der Waals surface area (Å²) in [5, 5.41) is 0. The van der Waals surface area contributed by atoms with Crippen molar-refractivity contribution in [3.05, 3.63) is 59.2 Å². The average Bonchev–Trinajstić information content (AvgIpc) is 2.77. The molecule has 2 aliphatic heterocycles. The fraction of sp³-hybridized carbons (Fsp3) is 0.480. The van der Waals surface area contributed by atoms with Crippen molar-refractivity contribution >= 4 is 5.91 Å². The van der Waals surface area contributed by atoms with E-state index in [9.17, 15) is 4.79 Å². The van der Waals surface area contributed by atoms with Crippen LogP contribution in [0.25, 0.3) is 0 Å². The normalized spacial score (nSPS) is 21.0. The van der Waals surface area contributed by atoms with E-state index in [-0.39, 0.29) is 18.1 Å². The summed E-state index contributed by atoms with van der Waals surface area (Å²) in [6.45, 7) is 11.2. The Morgan fingerprint density at radius 1 is 1.03 bits per heavy atom. The third-order valence-corrected chi connectivity index (χ3v) is 5.78. The van der Waals surface area contributed by atoms with E-state index in [1.54, 1.807) is 0 Å². The molecule has 1 fully saturated rings. The van der Waals surface area contributed by atoms with E-state index in [2.05, 4.69) is 30.9 Å². The van der Waals surface area contributed by atoms with Crippen molar-refractivity contribution in [3.8, 4) is 11.5 Å². The maximum atomic E-state index is 13.2. The van der Waals surface area contributed by atoms with Crippen LogP contribution >= 0.6 is 0 Å². The Kier molecular flexibility index (Phi) is 6.78. The molecule has 2 aromatic rings. The number of ether oxygens (including phenoxy) is 3. The van der Waals surface area contributed by atoms with Crippen molar-refractivity contribution in [2.45, 2.75) is 46.1 Å². The number of morpholine rings is 1. The maximum Gasteiger partial charge on any atom is 0.254 e. The summed E-state index contributed by atoms with van der Waals surface area (Å²) in [6.07, 6.45) is 0.502. The van der Waals surface area contributed by atoms with Gasteiger partial charge < -0.3 is 19.1 Å². The molecule has 2 heterocycles. The van der Waals surface area contributed by atoms with Gasteiger partial charge in [0, 0.05) is 43.9 Å². The molecule has 0 N–H and O–H groups in total. The molecule has 166 valence electrons. The van der Waals surface area contributed by atoms with E-state index >= 15 is 0 Å². The van der Waals surface area contributed by atoms with Crippen LogP contribution in [0.5, 0.6) is 11.5 Å². The molecule has 2 aliphatic rings. The molecule has 2 unspecified atom stereocenters. The molecule has 2 aromatic carbocycles. The number of rotatable bonds is 6. The Morgan fingerprint density at radius 3 is 2.45 bits per heavy atom. The van der Waals surface area contributed by atoms with Gasteiger partial charge in [-0.3, -0.25) is 9.69 Å². The highest BCUT2D eigenvalue weighted by Crippen LogP contribution is 2.34. The number of para-hydroxylation sites is 1. The summed E-state index contributed by atoms with van der Waals surface area (Å²) in [5.74, 6) is 1.53. The number of amides is 1. The van der Waals surface area contributed by atoms with Gasteiger partial charge in [0.25, 0.3) is 5.91 Å². The molecule has 4 rings (SSSR count). The standard InChI is InChI=1S/C25H32N2O4/c1-4-27(17-22-6-5-7-23-24(22)30-13-12-29-23)25(28)21-10-8-20(9-11-21)16-26-14-18(2)31-19(3)15-26/h5-11,18-19H,4,12-17H2,1-3H3. The number of fused-ring (bicyclic) bond motifs is 1. The zero-order valence-electron chi connectivity index (χ0n) is 18.7. The Balaban J connectivity index is 1.42. The Morgan fingerprint density at radius 2 is 1.74 bits per heavy atom. The van der Waals surface area contributed by atoms with Crippen LogP contribution in [0.15, 0.2) is 42.5 Å². The topological polar surface area (TPSA) is 51.2 Å². The van der Waals surface area contributed by atoms with Crippen LogP contribution in [0.4, 0.5) is 0 Å². The molecule has 2 atom stereocenters. The average molecular weight is 425 g/mol. The summed E-state index contributed by atoms with van der Waals surface area (Å²) in [5.41, 5.74) is 2.89. The minimum absolute atomic E-state index is 0.0250. The van der Waals surface area contributed by atoms with Gasteiger partial charge in [0.05, 0.1) is 12.2 Å². The van der Waals surface area contributed by atoms with E-state index in [4.69, 9.17) is 14.2 Å². The lowest BCUT2D eigenvalue weighted by Crippen LogP contribution is -2.44. The van der Waals surface area contributed by atoms with Gasteiger partial charge in [-0.15, -0.1) is 0 Å². The van der Waals surface area contributed by atoms with Gasteiger partial charge in [0.1, 0.15) is 13.2 Å². The summed E-state index contributed by atoms with van der Waals surface area (Å²) < 4.78 is 17.3. The van der Waals surface area contributed by atoms with Crippen molar-refractivity contribution in [3.63, 3.8) is 0 Å². The quantitative estimate of drug-likeness (QED) is 0.707. The van der Waals surface area contributed by atoms with Crippen LogP contribution < -0.4 is 9.47 Å². The lowest BCUT2D eigenvalue weighted by molar-refractivity contribution is -0.0704. The molecule has 0 aromatic heterocycles. The Bertz CT molecular complexity index is 889. The van der Waals surface area contributed by atoms with E-state index < -0.39 is 0 Å². The second-order valence-electron chi connectivity index (χ2n) is 8.41. The molecule has 1 saturated heterocycles. The summed E-state index contributed by atoms with van der Waals surface area (Å²) >= 11 is 0. The lowest BCUT2D eigenvalue weighted by atomic mass is 10.1. The molecule has 6 nitrogen and oxygen atoms in total. The predicted octanol–water partition coefficient (Wildman–Crippen LogP) is 3.73. The van der Waals surface area contributed by atoms with Crippen LogP contribution in [0.1, 0.15) is 42.3 Å². The first kappa shape index (κ1) is 21.7. The number of hydrogen-bond acceptors (Lipinski definition) is 5. The summed E-state index contributed by atoms with van der Waals surface area (Å²) in [7, 11) is 0. The largest absolute Gasteiger partial charge is 0.486 e. The van der Waals surface area contributed by atoms with Crippen LogP contribution in [0.2, 0.25) is 0 Å². The van der Waals surface area contributed by atoms with Crippen molar-refractivity contribution in [1.29, 1.82) is 0 Å². The maximum absolute atomic E-state index is 13.2. The lowest BCUT2D eigenvalue weighted by Gasteiger charge is -2.35. The summed E-state index contributed by atoms with van der Waals surface area (Å²) in [4.78, 5) is 17.4. The van der Waals surface area contributed by atoms with Crippen LogP contribution in [-0.2, 0) is 17.8 Å². The molecular formula is C25H32N2O4. The van der Waals surface area contributed by atoms with E-state index in [1.807, 2.05) is 42.2 Å². The van der Waals surface area contributed by atoms with Crippen LogP contribution in [0, 0.1) is 0 Å². The smallest absolute Gasteiger partial charge is 0.254 e. The fourth-order valence-corrected chi connectivity index (χ4v) is 4.40. The number of nitrogens with zero attached hydrogens (tertiary/aromatic N) is 2. The third-order valence-electron chi connectivity index (χ3n) is 5.78. The minimum Gasteiger partial charge on any atom is -0.486 e. The molecule has 0 bridgehead atoms. The minimum atomic E-state index is 0.0250. The monoisotopic (exact) mass is 424 g/mol. The number of carbonyl (C=O) groups excluding carboxylic acids is 1. The van der Waals surface area contributed by atoms with Crippen LogP contribution in [0.3, 0.4) is 0 Å². The van der Waals surface area contributed by atoms with Crippen molar-refractivity contribution in [2.75, 3.05) is 32.8 Å². The second kappa shape index (κ2) is 9.71. The van der Waals surface area contributed by atoms with E-state index in [1.165, 1.54) is 5.56 Å².